The predicted molar refractivity (Wildman–Crippen MR) is 118 cm³/mol. The summed E-state index contributed by atoms with van der Waals surface area (Å²) in [5, 5.41) is 7.37. The second kappa shape index (κ2) is 7.37. The molecule has 4 aromatic rings. The van der Waals surface area contributed by atoms with Crippen LogP contribution in [0.25, 0.3) is 32.9 Å². The average Bonchev–Trinajstić information content (AvgIpc) is 2.78. The molecule has 2 heterocycles. The minimum absolute atomic E-state index is 0.594. The molecule has 146 valence electrons. The van der Waals surface area contributed by atoms with Gasteiger partial charge in [-0.2, -0.15) is 0 Å². The lowest BCUT2D eigenvalue weighted by Crippen LogP contribution is -2.25. The zero-order valence-electron chi connectivity index (χ0n) is 16.8. The van der Waals surface area contributed by atoms with Gasteiger partial charge in [-0.3, -0.25) is 0 Å². The average molecular weight is 384 g/mol. The molecule has 0 spiro atoms. The Balaban J connectivity index is 1.79. The monoisotopic (exact) mass is 384 g/mol. The summed E-state index contributed by atoms with van der Waals surface area (Å²) in [6, 6.07) is 19.0. The Morgan fingerprint density at radius 2 is 1.90 bits per heavy atom. The molecule has 0 saturated carbocycles. The molecule has 0 aliphatic carbocycles. The molecule has 0 fully saturated rings. The summed E-state index contributed by atoms with van der Waals surface area (Å²) in [7, 11) is 1.67. The number of hydrogen-bond donors (Lipinski definition) is 1. The molecule has 1 aliphatic heterocycles. The van der Waals surface area contributed by atoms with Crippen LogP contribution in [-0.4, -0.2) is 25.2 Å². The zero-order chi connectivity index (χ0) is 19.8. The normalized spacial score (nSPS) is 13.4. The highest BCUT2D eigenvalue weighted by molar-refractivity contribution is 6.09. The molecule has 3 aromatic carbocycles. The van der Waals surface area contributed by atoms with Crippen LogP contribution in [0.5, 0.6) is 11.5 Å². The Bertz CT molecular complexity index is 1220. The van der Waals surface area contributed by atoms with Gasteiger partial charge in [-0.1, -0.05) is 30.3 Å². The van der Waals surface area contributed by atoms with Crippen molar-refractivity contribution in [1.29, 1.82) is 0 Å². The molecular formula is C25H24N2O2. The van der Waals surface area contributed by atoms with E-state index in [1.54, 1.807) is 7.11 Å². The first-order chi connectivity index (χ1) is 14.3. The van der Waals surface area contributed by atoms with Crippen molar-refractivity contribution >= 4 is 21.7 Å². The van der Waals surface area contributed by atoms with Crippen LogP contribution in [0.1, 0.15) is 18.1 Å². The summed E-state index contributed by atoms with van der Waals surface area (Å²) in [5.41, 5.74) is 5.83. The fourth-order valence-electron chi connectivity index (χ4n) is 4.38. The second-order valence-corrected chi connectivity index (χ2v) is 7.32. The van der Waals surface area contributed by atoms with Crippen LogP contribution < -0.4 is 14.8 Å². The van der Waals surface area contributed by atoms with Crippen molar-refractivity contribution in [2.45, 2.75) is 19.9 Å². The van der Waals surface area contributed by atoms with Crippen LogP contribution in [-0.2, 0) is 13.0 Å². The van der Waals surface area contributed by atoms with Gasteiger partial charge in [0.2, 0.25) is 0 Å². The van der Waals surface area contributed by atoms with E-state index in [0.29, 0.717) is 6.61 Å². The fraction of sp³-hybridized carbons (Fsp3) is 0.240. The zero-order valence-corrected chi connectivity index (χ0v) is 16.8. The summed E-state index contributed by atoms with van der Waals surface area (Å²) >= 11 is 0. The van der Waals surface area contributed by atoms with Crippen molar-refractivity contribution in [2.24, 2.45) is 0 Å². The second-order valence-electron chi connectivity index (χ2n) is 7.32. The number of rotatable bonds is 4. The van der Waals surface area contributed by atoms with E-state index in [0.717, 1.165) is 47.8 Å². The third kappa shape index (κ3) is 3.00. The van der Waals surface area contributed by atoms with E-state index in [2.05, 4.69) is 47.8 Å². The summed E-state index contributed by atoms with van der Waals surface area (Å²) in [6.45, 7) is 4.39. The van der Waals surface area contributed by atoms with Gasteiger partial charge in [0.1, 0.15) is 0 Å². The number of methoxy groups -OCH3 is 1. The van der Waals surface area contributed by atoms with E-state index < -0.39 is 0 Å². The Hall–Kier alpha value is -3.11. The Labute approximate surface area is 170 Å². The molecule has 29 heavy (non-hydrogen) atoms. The van der Waals surface area contributed by atoms with E-state index in [1.165, 1.54) is 27.3 Å². The van der Waals surface area contributed by atoms with Crippen molar-refractivity contribution in [3.8, 4) is 22.8 Å². The van der Waals surface area contributed by atoms with Gasteiger partial charge in [0.15, 0.2) is 11.5 Å². The van der Waals surface area contributed by atoms with Crippen LogP contribution in [0.3, 0.4) is 0 Å². The van der Waals surface area contributed by atoms with Gasteiger partial charge >= 0.3 is 0 Å². The Morgan fingerprint density at radius 3 is 2.76 bits per heavy atom. The van der Waals surface area contributed by atoms with Crippen LogP contribution in [0.15, 0.2) is 54.6 Å². The molecule has 4 nitrogen and oxygen atoms in total. The molecule has 1 aliphatic rings. The quantitative estimate of drug-likeness (QED) is 0.497. The number of benzene rings is 3. The lowest BCUT2D eigenvalue weighted by atomic mass is 9.90. The lowest BCUT2D eigenvalue weighted by Gasteiger charge is -2.23. The highest BCUT2D eigenvalue weighted by Gasteiger charge is 2.21. The van der Waals surface area contributed by atoms with E-state index in [4.69, 9.17) is 14.5 Å². The third-order valence-electron chi connectivity index (χ3n) is 5.68. The van der Waals surface area contributed by atoms with Crippen molar-refractivity contribution in [3.63, 3.8) is 0 Å². The number of nitrogens with zero attached hydrogens (tertiary/aromatic N) is 1. The van der Waals surface area contributed by atoms with Crippen LogP contribution in [0.4, 0.5) is 0 Å². The van der Waals surface area contributed by atoms with E-state index in [9.17, 15) is 0 Å². The van der Waals surface area contributed by atoms with E-state index >= 15 is 0 Å². The topological polar surface area (TPSA) is 43.4 Å². The lowest BCUT2D eigenvalue weighted by molar-refractivity contribution is 0.311. The van der Waals surface area contributed by atoms with Gasteiger partial charge in [-0.25, -0.2) is 4.98 Å². The van der Waals surface area contributed by atoms with Gasteiger partial charge in [0.05, 0.1) is 24.9 Å². The summed E-state index contributed by atoms with van der Waals surface area (Å²) in [6.07, 6.45) is 1.00. The molecule has 1 aromatic heterocycles. The van der Waals surface area contributed by atoms with Crippen molar-refractivity contribution in [3.05, 3.63) is 65.7 Å². The summed E-state index contributed by atoms with van der Waals surface area (Å²) in [4.78, 5) is 5.13. The molecule has 5 rings (SSSR count). The van der Waals surface area contributed by atoms with Crippen molar-refractivity contribution in [1.82, 2.24) is 10.3 Å². The first kappa shape index (κ1) is 18.0. The van der Waals surface area contributed by atoms with Crippen LogP contribution >= 0.6 is 0 Å². The predicted octanol–water partition coefficient (Wildman–Crippen LogP) is 5.11. The maximum absolute atomic E-state index is 5.81. The smallest absolute Gasteiger partial charge is 0.161 e. The van der Waals surface area contributed by atoms with Crippen molar-refractivity contribution < 1.29 is 9.47 Å². The Morgan fingerprint density at radius 1 is 1.00 bits per heavy atom. The van der Waals surface area contributed by atoms with Crippen LogP contribution in [0.2, 0.25) is 0 Å². The highest BCUT2D eigenvalue weighted by atomic mass is 16.5. The van der Waals surface area contributed by atoms with Crippen LogP contribution in [0, 0.1) is 0 Å². The molecule has 0 bridgehead atoms. The third-order valence-corrected chi connectivity index (χ3v) is 5.68. The Kier molecular flexibility index (Phi) is 4.57. The standard InChI is InChI=1S/C25H24N2O2/c1-3-29-23-14-17(9-11-22(23)28-2)25-20-15-26-13-12-19(20)24-18-7-5-4-6-16(18)8-10-21(24)27-25/h4-11,14,26H,3,12-13,15H2,1-2H3. The van der Waals surface area contributed by atoms with Crippen molar-refractivity contribution in [2.75, 3.05) is 20.3 Å². The number of nitrogens with one attached hydrogen (secondary N) is 1. The number of ether oxygens (including phenoxy) is 2. The molecule has 0 unspecified atom stereocenters. The SMILES string of the molecule is CCOc1cc(-c2nc3ccc4ccccc4c3c3c2CNCC3)ccc1OC. The molecular weight excluding hydrogens is 360 g/mol. The summed E-state index contributed by atoms with van der Waals surface area (Å²) in [5.74, 6) is 1.50. The van der Waals surface area contributed by atoms with E-state index in [1.807, 2.05) is 19.1 Å². The van der Waals surface area contributed by atoms with Gasteiger partial charge in [0, 0.05) is 17.5 Å². The molecule has 0 saturated heterocycles. The first-order valence-corrected chi connectivity index (χ1v) is 10.1. The number of hydrogen-bond acceptors (Lipinski definition) is 4. The van der Waals surface area contributed by atoms with Gasteiger partial charge in [-0.05, 0) is 66.1 Å². The van der Waals surface area contributed by atoms with Gasteiger partial charge in [-0.15, -0.1) is 0 Å². The molecule has 4 heteroatoms. The molecule has 0 radical (unpaired) electrons. The van der Waals surface area contributed by atoms with Gasteiger partial charge < -0.3 is 14.8 Å². The largest absolute Gasteiger partial charge is 0.493 e. The minimum atomic E-state index is 0.594. The first-order valence-electron chi connectivity index (χ1n) is 10.1. The highest BCUT2D eigenvalue weighted by Crippen LogP contribution is 2.38. The van der Waals surface area contributed by atoms with E-state index in [-0.39, 0.29) is 0 Å². The maximum atomic E-state index is 5.81. The fourth-order valence-corrected chi connectivity index (χ4v) is 4.38. The number of fused-ring (bicyclic) bond motifs is 5. The number of pyridine rings is 1. The molecule has 0 atom stereocenters. The molecule has 0 amide bonds. The maximum Gasteiger partial charge on any atom is 0.161 e. The minimum Gasteiger partial charge on any atom is -0.493 e. The molecule has 1 N–H and O–H groups in total. The summed E-state index contributed by atoms with van der Waals surface area (Å²) < 4.78 is 11.3. The number of aromatic nitrogens is 1. The van der Waals surface area contributed by atoms with Gasteiger partial charge in [0.25, 0.3) is 0 Å².